The number of hydrogen-bond donors (Lipinski definition) is 2. The van der Waals surface area contributed by atoms with Gasteiger partial charge in [0, 0.05) is 20.2 Å². The van der Waals surface area contributed by atoms with E-state index >= 15 is 0 Å². The normalized spacial score (nSPS) is 20.4. The van der Waals surface area contributed by atoms with Crippen LogP contribution in [0.4, 0.5) is 18.0 Å². The molecule has 1 fully saturated rings. The van der Waals surface area contributed by atoms with Gasteiger partial charge in [-0.1, -0.05) is 0 Å². The molecule has 1 aromatic carbocycles. The van der Waals surface area contributed by atoms with E-state index in [1.807, 2.05) is 0 Å². The molecule has 1 amide bonds. The third kappa shape index (κ3) is 7.03. The van der Waals surface area contributed by atoms with Gasteiger partial charge in [0.1, 0.15) is 12.4 Å². The average Bonchev–Trinajstić information content (AvgIpc) is 2.62. The highest BCUT2D eigenvalue weighted by Crippen LogP contribution is 2.24. The van der Waals surface area contributed by atoms with Crippen LogP contribution in [0.1, 0.15) is 6.42 Å². The Morgan fingerprint density at radius 2 is 1.93 bits per heavy atom. The number of carbonyl (C=O) groups excluding carboxylic acids is 1. The van der Waals surface area contributed by atoms with Gasteiger partial charge in [0.05, 0.1) is 23.6 Å². The van der Waals surface area contributed by atoms with Crippen LogP contribution in [-0.4, -0.2) is 76.4 Å². The Morgan fingerprint density at radius 3 is 2.52 bits per heavy atom. The van der Waals surface area contributed by atoms with Gasteiger partial charge in [-0.25, -0.2) is 17.9 Å². The first-order valence-corrected chi connectivity index (χ1v) is 9.97. The zero-order valence-corrected chi connectivity index (χ0v) is 16.2. The number of likely N-dealkylation sites (tertiary alicyclic amines) is 1. The van der Waals surface area contributed by atoms with Crippen LogP contribution in [0, 0.1) is 0 Å². The van der Waals surface area contributed by atoms with Crippen LogP contribution >= 0.6 is 0 Å². The van der Waals surface area contributed by atoms with E-state index < -0.39 is 40.4 Å². The molecule has 0 aliphatic carbocycles. The maximum atomic E-state index is 12.5. The molecule has 1 saturated heterocycles. The van der Waals surface area contributed by atoms with Crippen LogP contribution in [0.5, 0.6) is 5.75 Å². The minimum atomic E-state index is -4.90. The molecule has 1 aliphatic rings. The number of halogens is 3. The number of rotatable bonds is 7. The quantitative estimate of drug-likeness (QED) is 0.608. The lowest BCUT2D eigenvalue weighted by Gasteiger charge is -2.35. The van der Waals surface area contributed by atoms with Crippen LogP contribution in [0.15, 0.2) is 29.2 Å². The van der Waals surface area contributed by atoms with Gasteiger partial charge < -0.3 is 24.2 Å². The summed E-state index contributed by atoms with van der Waals surface area (Å²) in [7, 11) is -2.73. The first-order valence-electron chi connectivity index (χ1n) is 8.48. The number of aliphatic hydroxyl groups excluding tert-OH is 1. The molecule has 0 bridgehead atoms. The lowest BCUT2D eigenvalue weighted by Crippen LogP contribution is -2.56. The van der Waals surface area contributed by atoms with Crippen molar-refractivity contribution in [2.45, 2.75) is 29.8 Å². The zero-order valence-electron chi connectivity index (χ0n) is 15.4. The lowest BCUT2D eigenvalue weighted by molar-refractivity contribution is -0.274. The van der Waals surface area contributed by atoms with Crippen LogP contribution in [0.3, 0.4) is 0 Å². The summed E-state index contributed by atoms with van der Waals surface area (Å²) in [5.41, 5.74) is 0. The molecule has 2 N–H and O–H groups in total. The Kier molecular flexibility index (Phi) is 7.68. The number of piperidine rings is 1. The van der Waals surface area contributed by atoms with E-state index in [1.54, 1.807) is 0 Å². The maximum Gasteiger partial charge on any atom is 0.573 e. The van der Waals surface area contributed by atoms with E-state index in [2.05, 4.69) is 9.46 Å². The molecule has 2 rings (SSSR count). The largest absolute Gasteiger partial charge is 0.573 e. The second-order valence-electron chi connectivity index (χ2n) is 6.16. The number of nitrogens with one attached hydrogen (secondary N) is 1. The second-order valence-corrected chi connectivity index (χ2v) is 7.87. The average molecular weight is 442 g/mol. The van der Waals surface area contributed by atoms with Gasteiger partial charge in [-0.2, -0.15) is 0 Å². The minimum Gasteiger partial charge on any atom is -0.447 e. The number of alkyl halides is 3. The first kappa shape index (κ1) is 23.2. The molecule has 0 radical (unpaired) electrons. The summed E-state index contributed by atoms with van der Waals surface area (Å²) in [6.45, 7) is 0.263. The van der Waals surface area contributed by atoms with Gasteiger partial charge in [-0.3, -0.25) is 0 Å². The highest BCUT2D eigenvalue weighted by Gasteiger charge is 2.34. The number of ether oxygens (including phenoxy) is 3. The Hall–Kier alpha value is -2.09. The van der Waals surface area contributed by atoms with Gasteiger partial charge in [-0.15, -0.1) is 13.2 Å². The van der Waals surface area contributed by atoms with E-state index in [4.69, 9.17) is 9.47 Å². The topological polar surface area (TPSA) is 114 Å². The molecule has 0 unspecified atom stereocenters. The van der Waals surface area contributed by atoms with Crippen molar-refractivity contribution in [1.82, 2.24) is 9.62 Å². The number of benzene rings is 1. The van der Waals surface area contributed by atoms with Gasteiger partial charge in [0.15, 0.2) is 0 Å². The molecular formula is C16H21F3N2O7S. The van der Waals surface area contributed by atoms with Crippen LogP contribution < -0.4 is 9.46 Å². The Labute approximate surface area is 165 Å². The van der Waals surface area contributed by atoms with E-state index in [0.717, 1.165) is 24.3 Å². The summed E-state index contributed by atoms with van der Waals surface area (Å²) in [6, 6.07) is 2.58. The number of amides is 1. The highest BCUT2D eigenvalue weighted by molar-refractivity contribution is 7.89. The maximum absolute atomic E-state index is 12.5. The van der Waals surface area contributed by atoms with Crippen molar-refractivity contribution in [3.63, 3.8) is 0 Å². The van der Waals surface area contributed by atoms with Crippen molar-refractivity contribution < 1.29 is 45.7 Å². The minimum absolute atomic E-state index is 0.0249. The number of hydrogen-bond acceptors (Lipinski definition) is 7. The summed E-state index contributed by atoms with van der Waals surface area (Å²) < 4.78 is 77.3. The molecule has 164 valence electrons. The third-order valence-electron chi connectivity index (χ3n) is 4.02. The van der Waals surface area contributed by atoms with Crippen LogP contribution in [-0.2, 0) is 19.5 Å². The molecule has 9 nitrogen and oxygen atoms in total. The fraction of sp³-hybridized carbons (Fsp3) is 0.562. The van der Waals surface area contributed by atoms with E-state index in [1.165, 1.54) is 12.0 Å². The number of sulfonamides is 1. The predicted octanol–water partition coefficient (Wildman–Crippen LogP) is 1.08. The van der Waals surface area contributed by atoms with E-state index in [9.17, 15) is 31.5 Å². The summed E-state index contributed by atoms with van der Waals surface area (Å²) in [5.74, 6) is -0.570. The molecular weight excluding hydrogens is 421 g/mol. The standard InChI is InChI=1S/C16H21F3N2O7S/c1-26-8-9-27-15(23)21-7-6-14(22)13(10-21)20-29(24,25)12-4-2-11(3-5-12)28-16(17,18)19/h2-5,13-14,20,22H,6-10H2,1H3/t13-,14-/m1/s1. The van der Waals surface area contributed by atoms with Crippen molar-refractivity contribution in [3.05, 3.63) is 24.3 Å². The van der Waals surface area contributed by atoms with Gasteiger partial charge in [0.2, 0.25) is 10.0 Å². The molecule has 0 aromatic heterocycles. The number of methoxy groups -OCH3 is 1. The number of aliphatic hydroxyl groups is 1. The van der Waals surface area contributed by atoms with Crippen molar-refractivity contribution in [1.29, 1.82) is 0 Å². The molecule has 1 aromatic rings. The summed E-state index contributed by atoms with van der Waals surface area (Å²) in [6.07, 6.45) is -6.51. The molecule has 0 saturated carbocycles. The van der Waals surface area contributed by atoms with Crippen molar-refractivity contribution in [2.75, 3.05) is 33.4 Å². The molecule has 1 heterocycles. The fourth-order valence-electron chi connectivity index (χ4n) is 2.61. The third-order valence-corrected chi connectivity index (χ3v) is 5.53. The van der Waals surface area contributed by atoms with Crippen LogP contribution in [0.25, 0.3) is 0 Å². The van der Waals surface area contributed by atoms with Crippen molar-refractivity contribution in [2.24, 2.45) is 0 Å². The highest BCUT2D eigenvalue weighted by atomic mass is 32.2. The number of nitrogens with zero attached hydrogens (tertiary/aromatic N) is 1. The summed E-state index contributed by atoms with van der Waals surface area (Å²) in [4.78, 5) is 12.9. The fourth-order valence-corrected chi connectivity index (χ4v) is 3.87. The lowest BCUT2D eigenvalue weighted by atomic mass is 10.0. The molecule has 0 spiro atoms. The Morgan fingerprint density at radius 1 is 1.28 bits per heavy atom. The van der Waals surface area contributed by atoms with Gasteiger partial charge >= 0.3 is 12.5 Å². The molecule has 13 heteroatoms. The number of carbonyl (C=O) groups is 1. The monoisotopic (exact) mass is 442 g/mol. The SMILES string of the molecule is COCCOC(=O)N1CC[C@@H](O)[C@H](NS(=O)(=O)c2ccc(OC(F)(F)F)cc2)C1. The van der Waals surface area contributed by atoms with Crippen molar-refractivity contribution >= 4 is 16.1 Å². The Bertz CT molecular complexity index is 787. The Balaban J connectivity index is 2.03. The second kappa shape index (κ2) is 9.61. The summed E-state index contributed by atoms with van der Waals surface area (Å²) in [5, 5.41) is 10.1. The zero-order chi connectivity index (χ0) is 21.7. The first-order chi connectivity index (χ1) is 13.5. The van der Waals surface area contributed by atoms with Gasteiger partial charge in [-0.05, 0) is 30.7 Å². The summed E-state index contributed by atoms with van der Waals surface area (Å²) >= 11 is 0. The smallest absolute Gasteiger partial charge is 0.447 e. The predicted molar refractivity (Wildman–Crippen MR) is 92.7 cm³/mol. The van der Waals surface area contributed by atoms with Crippen molar-refractivity contribution in [3.8, 4) is 5.75 Å². The molecule has 2 atom stereocenters. The van der Waals surface area contributed by atoms with Gasteiger partial charge in [0.25, 0.3) is 0 Å². The molecule has 1 aliphatic heterocycles. The molecule has 29 heavy (non-hydrogen) atoms. The van der Waals surface area contributed by atoms with E-state index in [0.29, 0.717) is 0 Å². The van der Waals surface area contributed by atoms with Crippen LogP contribution in [0.2, 0.25) is 0 Å². The van der Waals surface area contributed by atoms with E-state index in [-0.39, 0.29) is 37.6 Å².